The smallest absolute Gasteiger partial charge is 0.229 e. The van der Waals surface area contributed by atoms with Crippen LogP contribution >= 0.6 is 0 Å². The summed E-state index contributed by atoms with van der Waals surface area (Å²) in [4.78, 5) is 0. The minimum absolute atomic E-state index is 0.331. The molecule has 0 aromatic heterocycles. The zero-order chi connectivity index (χ0) is 9.10. The van der Waals surface area contributed by atoms with Crippen molar-refractivity contribution in [1.29, 1.82) is 0 Å². The minimum atomic E-state index is 0.331. The second-order valence-corrected chi connectivity index (χ2v) is 3.01. The second kappa shape index (κ2) is 3.52. The molecule has 2 heteroatoms. The lowest BCUT2D eigenvalue weighted by Gasteiger charge is -2.01. The van der Waals surface area contributed by atoms with Crippen molar-refractivity contribution in [3.05, 3.63) is 53.8 Å². The molecule has 2 rings (SSSR count). The molecule has 0 N–H and O–H groups in total. The van der Waals surface area contributed by atoms with E-state index in [0.717, 1.165) is 11.3 Å². The van der Waals surface area contributed by atoms with Crippen LogP contribution in [0.1, 0.15) is 11.1 Å². The molecule has 13 heavy (non-hydrogen) atoms. The largest absolute Gasteiger partial charge is 0.462 e. The average Bonchev–Trinajstić information content (AvgIpc) is 2.57. The Morgan fingerprint density at radius 1 is 1.38 bits per heavy atom. The third-order valence-electron chi connectivity index (χ3n) is 1.84. The van der Waals surface area contributed by atoms with Gasteiger partial charge in [-0.2, -0.15) is 0 Å². The molecule has 0 atom stereocenters. The lowest BCUT2D eigenvalue weighted by molar-refractivity contribution is 0.0831. The van der Waals surface area contributed by atoms with E-state index in [1.165, 1.54) is 5.56 Å². The van der Waals surface area contributed by atoms with Crippen molar-refractivity contribution < 1.29 is 9.47 Å². The van der Waals surface area contributed by atoms with Crippen LogP contribution in [0.25, 0.3) is 0 Å². The Bertz CT molecular complexity index is 329. The molecule has 0 saturated carbocycles. The number of hydrogen-bond acceptors (Lipinski definition) is 2. The maximum Gasteiger partial charge on any atom is 0.229 e. The fraction of sp³-hybridized carbons (Fsp3) is 0.182. The molecule has 0 saturated heterocycles. The van der Waals surface area contributed by atoms with Crippen LogP contribution in [0.2, 0.25) is 0 Å². The molecule has 2 nitrogen and oxygen atoms in total. The zero-order valence-electron chi connectivity index (χ0n) is 7.49. The summed E-state index contributed by atoms with van der Waals surface area (Å²) in [5, 5.41) is 0. The molecule has 1 aromatic carbocycles. The van der Waals surface area contributed by atoms with Gasteiger partial charge in [-0.3, -0.25) is 0 Å². The van der Waals surface area contributed by atoms with Gasteiger partial charge >= 0.3 is 0 Å². The van der Waals surface area contributed by atoms with E-state index < -0.39 is 0 Å². The number of benzene rings is 1. The van der Waals surface area contributed by atoms with Crippen molar-refractivity contribution in [3.63, 3.8) is 0 Å². The molecule has 0 aliphatic carbocycles. The van der Waals surface area contributed by atoms with Crippen molar-refractivity contribution in [3.8, 4) is 0 Å². The molecule has 0 unspecified atom stereocenters. The monoisotopic (exact) mass is 175 g/mol. The molecule has 1 radical (unpaired) electrons. The van der Waals surface area contributed by atoms with E-state index in [-0.39, 0.29) is 0 Å². The zero-order valence-corrected chi connectivity index (χ0v) is 7.49. The summed E-state index contributed by atoms with van der Waals surface area (Å²) < 4.78 is 10.1. The van der Waals surface area contributed by atoms with E-state index in [1.807, 2.05) is 18.6 Å². The summed E-state index contributed by atoms with van der Waals surface area (Å²) in [6, 6.07) is 8.23. The highest BCUT2D eigenvalue weighted by Crippen LogP contribution is 2.16. The third kappa shape index (κ3) is 2.02. The van der Waals surface area contributed by atoms with Gasteiger partial charge in [0.2, 0.25) is 6.79 Å². The number of ether oxygens (including phenoxy) is 2. The van der Waals surface area contributed by atoms with Crippen molar-refractivity contribution >= 4 is 0 Å². The molecule has 1 aliphatic heterocycles. The predicted molar refractivity (Wildman–Crippen MR) is 49.7 cm³/mol. The number of allylic oxidation sites excluding steroid dienone is 1. The first-order valence-corrected chi connectivity index (χ1v) is 4.20. The highest BCUT2D eigenvalue weighted by molar-refractivity contribution is 5.33. The summed E-state index contributed by atoms with van der Waals surface area (Å²) in [5.41, 5.74) is 2.38. The van der Waals surface area contributed by atoms with Gasteiger partial charge in [0, 0.05) is 0 Å². The SMILES string of the molecule is Cc1cccc([CH]C2=COCO2)c1. The van der Waals surface area contributed by atoms with Gasteiger partial charge in [-0.1, -0.05) is 29.8 Å². The number of rotatable bonds is 2. The molecule has 0 spiro atoms. The van der Waals surface area contributed by atoms with E-state index in [9.17, 15) is 0 Å². The maximum atomic E-state index is 5.18. The van der Waals surface area contributed by atoms with Crippen LogP contribution in [0.4, 0.5) is 0 Å². The van der Waals surface area contributed by atoms with Gasteiger partial charge < -0.3 is 9.47 Å². The number of hydrogen-bond donors (Lipinski definition) is 0. The second-order valence-electron chi connectivity index (χ2n) is 3.01. The lowest BCUT2D eigenvalue weighted by atomic mass is 10.1. The minimum Gasteiger partial charge on any atom is -0.462 e. The molecule has 1 aliphatic rings. The lowest BCUT2D eigenvalue weighted by Crippen LogP contribution is -1.89. The van der Waals surface area contributed by atoms with Crippen molar-refractivity contribution in [2.45, 2.75) is 6.92 Å². The topological polar surface area (TPSA) is 18.5 Å². The maximum absolute atomic E-state index is 5.18. The Labute approximate surface area is 77.8 Å². The first-order chi connectivity index (χ1) is 6.34. The van der Waals surface area contributed by atoms with Crippen molar-refractivity contribution in [2.75, 3.05) is 6.79 Å². The summed E-state index contributed by atoms with van der Waals surface area (Å²) in [6.45, 7) is 2.40. The molecule has 1 aromatic rings. The van der Waals surface area contributed by atoms with E-state index >= 15 is 0 Å². The van der Waals surface area contributed by atoms with Crippen LogP contribution in [0.5, 0.6) is 0 Å². The van der Waals surface area contributed by atoms with Crippen LogP contribution in [0.3, 0.4) is 0 Å². The molecule has 1 heterocycles. The van der Waals surface area contributed by atoms with Gasteiger partial charge in [0.1, 0.15) is 12.0 Å². The summed E-state index contributed by atoms with van der Waals surface area (Å²) in [5.74, 6) is 0.783. The fourth-order valence-corrected chi connectivity index (χ4v) is 1.25. The average molecular weight is 175 g/mol. The summed E-state index contributed by atoms with van der Waals surface area (Å²) in [6.07, 6.45) is 3.59. The van der Waals surface area contributed by atoms with Crippen LogP contribution in [0.15, 0.2) is 36.3 Å². The highest BCUT2D eigenvalue weighted by atomic mass is 16.7. The molecule has 0 fully saturated rings. The van der Waals surface area contributed by atoms with E-state index in [2.05, 4.69) is 19.1 Å². The van der Waals surface area contributed by atoms with Gasteiger partial charge in [-0.25, -0.2) is 0 Å². The Morgan fingerprint density at radius 3 is 3.00 bits per heavy atom. The van der Waals surface area contributed by atoms with Crippen molar-refractivity contribution in [2.24, 2.45) is 0 Å². The number of aryl methyl sites for hydroxylation is 1. The Balaban J connectivity index is 2.09. The summed E-state index contributed by atoms with van der Waals surface area (Å²) >= 11 is 0. The van der Waals surface area contributed by atoms with Crippen LogP contribution in [0, 0.1) is 13.3 Å². The molecule has 67 valence electrons. The Hall–Kier alpha value is -1.44. The fourth-order valence-electron chi connectivity index (χ4n) is 1.25. The van der Waals surface area contributed by atoms with Gasteiger partial charge in [0.05, 0.1) is 6.42 Å². The van der Waals surface area contributed by atoms with Crippen molar-refractivity contribution in [1.82, 2.24) is 0 Å². The van der Waals surface area contributed by atoms with E-state index in [4.69, 9.17) is 9.47 Å². The van der Waals surface area contributed by atoms with E-state index in [1.54, 1.807) is 6.26 Å². The van der Waals surface area contributed by atoms with Crippen LogP contribution < -0.4 is 0 Å². The third-order valence-corrected chi connectivity index (χ3v) is 1.84. The molecular formula is C11H11O2. The quantitative estimate of drug-likeness (QED) is 0.687. The Kier molecular flexibility index (Phi) is 2.21. The van der Waals surface area contributed by atoms with E-state index in [0.29, 0.717) is 6.79 Å². The molecule has 0 bridgehead atoms. The normalized spacial score (nSPS) is 14.7. The first-order valence-electron chi connectivity index (χ1n) is 4.20. The Morgan fingerprint density at radius 2 is 2.31 bits per heavy atom. The van der Waals surface area contributed by atoms with Crippen LogP contribution in [-0.4, -0.2) is 6.79 Å². The van der Waals surface area contributed by atoms with Crippen LogP contribution in [-0.2, 0) is 9.47 Å². The highest BCUT2D eigenvalue weighted by Gasteiger charge is 2.07. The predicted octanol–water partition coefficient (Wildman–Crippen LogP) is 2.39. The standard InChI is InChI=1S/C11H11O2/c1-9-3-2-4-10(5-9)6-11-7-12-8-13-11/h2-7H,8H2,1H3. The van der Waals surface area contributed by atoms with Gasteiger partial charge in [0.25, 0.3) is 0 Å². The summed E-state index contributed by atoms with van der Waals surface area (Å²) in [7, 11) is 0. The first kappa shape index (κ1) is 8.17. The van der Waals surface area contributed by atoms with Gasteiger partial charge in [-0.15, -0.1) is 0 Å². The van der Waals surface area contributed by atoms with Gasteiger partial charge in [0.15, 0.2) is 0 Å². The molecule has 0 amide bonds. The van der Waals surface area contributed by atoms with Gasteiger partial charge in [-0.05, 0) is 12.5 Å². The molecular weight excluding hydrogens is 164 g/mol.